The zero-order chi connectivity index (χ0) is 14.6. The molecule has 2 heterocycles. The van der Waals surface area contributed by atoms with Crippen molar-refractivity contribution in [1.82, 2.24) is 15.1 Å². The van der Waals surface area contributed by atoms with Crippen molar-refractivity contribution in [2.45, 2.75) is 24.9 Å². The van der Waals surface area contributed by atoms with Crippen LogP contribution in [0.25, 0.3) is 0 Å². The number of nitrogens with one attached hydrogen (secondary N) is 1. The van der Waals surface area contributed by atoms with Crippen LogP contribution in [0.1, 0.15) is 17.7 Å². The van der Waals surface area contributed by atoms with E-state index in [1.807, 2.05) is 16.3 Å². The zero-order valence-corrected chi connectivity index (χ0v) is 12.7. The van der Waals surface area contributed by atoms with Crippen LogP contribution < -0.4 is 5.32 Å². The van der Waals surface area contributed by atoms with E-state index in [0.29, 0.717) is 32.5 Å². The maximum atomic E-state index is 11.9. The minimum Gasteiger partial charge on any atom is -0.331 e. The standard InChI is InChI=1S/C14H20N4OS/c1-17(2)13(19)18-7-5-14(11-15,6-8-18)16-10-12-4-3-9-20-12/h3-4,9,16H,5-8,10H2,1-2H3. The Hall–Kier alpha value is -1.58. The molecule has 108 valence electrons. The Morgan fingerprint density at radius 2 is 2.25 bits per heavy atom. The number of carbonyl (C=O) groups is 1. The molecule has 0 spiro atoms. The van der Waals surface area contributed by atoms with Gasteiger partial charge in [-0.1, -0.05) is 6.07 Å². The summed E-state index contributed by atoms with van der Waals surface area (Å²) >= 11 is 1.69. The number of amides is 2. The van der Waals surface area contributed by atoms with Crippen molar-refractivity contribution in [1.29, 1.82) is 5.26 Å². The molecule has 0 radical (unpaired) electrons. The monoisotopic (exact) mass is 292 g/mol. The lowest BCUT2D eigenvalue weighted by atomic mass is 9.89. The van der Waals surface area contributed by atoms with Crippen molar-refractivity contribution in [2.75, 3.05) is 27.2 Å². The fraction of sp³-hybridized carbons (Fsp3) is 0.571. The van der Waals surface area contributed by atoms with Gasteiger partial charge >= 0.3 is 6.03 Å². The second kappa shape index (κ2) is 6.25. The summed E-state index contributed by atoms with van der Waals surface area (Å²) in [6.07, 6.45) is 1.35. The smallest absolute Gasteiger partial charge is 0.319 e. The van der Waals surface area contributed by atoms with Crippen molar-refractivity contribution >= 4 is 17.4 Å². The van der Waals surface area contributed by atoms with Gasteiger partial charge in [0.1, 0.15) is 5.54 Å². The summed E-state index contributed by atoms with van der Waals surface area (Å²) in [4.78, 5) is 16.5. The third-order valence-electron chi connectivity index (χ3n) is 3.67. The summed E-state index contributed by atoms with van der Waals surface area (Å²) in [6.45, 7) is 1.97. The minimum atomic E-state index is -0.507. The highest BCUT2D eigenvalue weighted by atomic mass is 32.1. The first-order valence-corrected chi connectivity index (χ1v) is 7.59. The average molecular weight is 292 g/mol. The van der Waals surface area contributed by atoms with Gasteiger partial charge in [0.15, 0.2) is 0 Å². The van der Waals surface area contributed by atoms with E-state index in [2.05, 4.69) is 17.5 Å². The number of rotatable bonds is 3. The van der Waals surface area contributed by atoms with Crippen LogP contribution in [0.4, 0.5) is 4.79 Å². The largest absolute Gasteiger partial charge is 0.331 e. The Morgan fingerprint density at radius 3 is 2.75 bits per heavy atom. The van der Waals surface area contributed by atoms with Gasteiger partial charge in [-0.2, -0.15) is 5.26 Å². The molecule has 0 atom stereocenters. The number of likely N-dealkylation sites (tertiary alicyclic amines) is 1. The highest BCUT2D eigenvalue weighted by molar-refractivity contribution is 7.09. The molecule has 0 saturated carbocycles. The number of hydrogen-bond acceptors (Lipinski definition) is 4. The lowest BCUT2D eigenvalue weighted by Gasteiger charge is -2.38. The Balaban J connectivity index is 1.91. The Morgan fingerprint density at radius 1 is 1.55 bits per heavy atom. The van der Waals surface area contributed by atoms with E-state index < -0.39 is 5.54 Å². The Bertz CT molecular complexity index is 484. The van der Waals surface area contributed by atoms with Crippen molar-refractivity contribution in [3.8, 4) is 6.07 Å². The first-order valence-electron chi connectivity index (χ1n) is 6.71. The van der Waals surface area contributed by atoms with E-state index in [-0.39, 0.29) is 6.03 Å². The fourth-order valence-electron chi connectivity index (χ4n) is 2.36. The minimum absolute atomic E-state index is 0.0230. The van der Waals surface area contributed by atoms with Gasteiger partial charge in [0.05, 0.1) is 6.07 Å². The highest BCUT2D eigenvalue weighted by Crippen LogP contribution is 2.23. The average Bonchev–Trinajstić information content (AvgIpc) is 2.98. The summed E-state index contributed by atoms with van der Waals surface area (Å²) in [5, 5.41) is 14.9. The Labute approximate surface area is 123 Å². The molecule has 1 fully saturated rings. The normalized spacial score (nSPS) is 17.6. The van der Waals surface area contributed by atoms with Crippen LogP contribution >= 0.6 is 11.3 Å². The van der Waals surface area contributed by atoms with Crippen LogP contribution in [0, 0.1) is 11.3 Å². The second-order valence-electron chi connectivity index (χ2n) is 5.29. The number of piperidine rings is 1. The van der Waals surface area contributed by atoms with Gasteiger partial charge in [-0.25, -0.2) is 4.79 Å². The number of nitrogens with zero attached hydrogens (tertiary/aromatic N) is 3. The van der Waals surface area contributed by atoms with Crippen LogP contribution in [-0.4, -0.2) is 48.6 Å². The molecule has 1 saturated heterocycles. The van der Waals surface area contributed by atoms with Crippen molar-refractivity contribution < 1.29 is 4.79 Å². The number of urea groups is 1. The molecule has 0 bridgehead atoms. The van der Waals surface area contributed by atoms with Gasteiger partial charge in [-0.3, -0.25) is 5.32 Å². The third-order valence-corrected chi connectivity index (χ3v) is 4.54. The zero-order valence-electron chi connectivity index (χ0n) is 11.9. The third kappa shape index (κ3) is 3.30. The first-order chi connectivity index (χ1) is 9.56. The molecule has 0 unspecified atom stereocenters. The van der Waals surface area contributed by atoms with E-state index in [9.17, 15) is 10.1 Å². The van der Waals surface area contributed by atoms with Crippen LogP contribution in [0.15, 0.2) is 17.5 Å². The van der Waals surface area contributed by atoms with E-state index >= 15 is 0 Å². The van der Waals surface area contributed by atoms with Gasteiger partial charge in [0, 0.05) is 38.6 Å². The van der Waals surface area contributed by atoms with Crippen LogP contribution in [-0.2, 0) is 6.54 Å². The summed E-state index contributed by atoms with van der Waals surface area (Å²) < 4.78 is 0. The fourth-order valence-corrected chi connectivity index (χ4v) is 3.00. The maximum Gasteiger partial charge on any atom is 0.319 e. The summed E-state index contributed by atoms with van der Waals surface area (Å²) in [5.74, 6) is 0. The molecular formula is C14H20N4OS. The van der Waals surface area contributed by atoms with E-state index in [1.54, 1.807) is 30.3 Å². The van der Waals surface area contributed by atoms with Crippen LogP contribution in [0.5, 0.6) is 0 Å². The van der Waals surface area contributed by atoms with Crippen LogP contribution in [0.2, 0.25) is 0 Å². The van der Waals surface area contributed by atoms with Crippen molar-refractivity contribution in [2.24, 2.45) is 0 Å². The van der Waals surface area contributed by atoms with Gasteiger partial charge in [-0.05, 0) is 24.3 Å². The van der Waals surface area contributed by atoms with Crippen LogP contribution in [0.3, 0.4) is 0 Å². The topological polar surface area (TPSA) is 59.4 Å². The second-order valence-corrected chi connectivity index (χ2v) is 6.32. The molecule has 1 aliphatic heterocycles. The molecule has 2 rings (SSSR count). The molecule has 1 aromatic heterocycles. The van der Waals surface area contributed by atoms with E-state index in [4.69, 9.17) is 0 Å². The molecule has 0 aliphatic carbocycles. The highest BCUT2D eigenvalue weighted by Gasteiger charge is 2.36. The lowest BCUT2D eigenvalue weighted by Crippen LogP contribution is -2.54. The summed E-state index contributed by atoms with van der Waals surface area (Å²) in [6, 6.07) is 6.51. The molecule has 5 nitrogen and oxygen atoms in total. The van der Waals surface area contributed by atoms with Crippen molar-refractivity contribution in [3.63, 3.8) is 0 Å². The van der Waals surface area contributed by atoms with Gasteiger partial charge in [-0.15, -0.1) is 11.3 Å². The molecule has 6 heteroatoms. The van der Waals surface area contributed by atoms with Crippen molar-refractivity contribution in [3.05, 3.63) is 22.4 Å². The number of hydrogen-bond donors (Lipinski definition) is 1. The van der Waals surface area contributed by atoms with Gasteiger partial charge in [0.25, 0.3) is 0 Å². The van der Waals surface area contributed by atoms with Gasteiger partial charge < -0.3 is 9.80 Å². The molecule has 20 heavy (non-hydrogen) atoms. The number of nitriles is 1. The predicted molar refractivity (Wildman–Crippen MR) is 79.4 cm³/mol. The molecule has 0 aromatic carbocycles. The van der Waals surface area contributed by atoms with Gasteiger partial charge in [0.2, 0.25) is 0 Å². The molecule has 1 N–H and O–H groups in total. The van der Waals surface area contributed by atoms with E-state index in [1.165, 1.54) is 4.88 Å². The quantitative estimate of drug-likeness (QED) is 0.925. The maximum absolute atomic E-state index is 11.9. The number of thiophene rings is 1. The lowest BCUT2D eigenvalue weighted by molar-refractivity contribution is 0.140. The summed E-state index contributed by atoms with van der Waals surface area (Å²) in [7, 11) is 3.51. The summed E-state index contributed by atoms with van der Waals surface area (Å²) in [5.41, 5.74) is -0.507. The predicted octanol–water partition coefficient (Wildman–Crippen LogP) is 1.88. The molecular weight excluding hydrogens is 272 g/mol. The number of carbonyl (C=O) groups excluding carboxylic acids is 1. The Kier molecular flexibility index (Phi) is 4.63. The first kappa shape index (κ1) is 14.8. The van der Waals surface area contributed by atoms with E-state index in [0.717, 1.165) is 0 Å². The molecule has 1 aromatic rings. The molecule has 1 aliphatic rings. The SMILES string of the molecule is CN(C)C(=O)N1CCC(C#N)(NCc2cccs2)CC1. The molecule has 2 amide bonds.